The molecular formula is C17H25NO2. The fourth-order valence-corrected chi connectivity index (χ4v) is 3.22. The van der Waals surface area contributed by atoms with Gasteiger partial charge >= 0.3 is 5.97 Å². The summed E-state index contributed by atoms with van der Waals surface area (Å²) in [5.74, 6) is -0.121. The van der Waals surface area contributed by atoms with Gasteiger partial charge in [0.15, 0.2) is 0 Å². The van der Waals surface area contributed by atoms with Crippen molar-refractivity contribution in [2.75, 3.05) is 19.7 Å². The molecule has 0 aliphatic carbocycles. The van der Waals surface area contributed by atoms with Gasteiger partial charge in [0, 0.05) is 0 Å². The normalized spacial score (nSPS) is 14.6. The number of rotatable bonds is 3. The highest BCUT2D eigenvalue weighted by atomic mass is 16.5. The summed E-state index contributed by atoms with van der Waals surface area (Å²) in [6.07, 6.45) is 2.54. The van der Waals surface area contributed by atoms with Crippen LogP contribution in [0.15, 0.2) is 0 Å². The number of benzene rings is 1. The summed E-state index contributed by atoms with van der Waals surface area (Å²) in [5, 5.41) is 3.46. The Morgan fingerprint density at radius 2 is 1.65 bits per heavy atom. The van der Waals surface area contributed by atoms with E-state index in [2.05, 4.69) is 26.1 Å². The second-order valence-electron chi connectivity index (χ2n) is 5.54. The fraction of sp³-hybridized carbons (Fsp3) is 0.588. The Hall–Kier alpha value is -1.35. The fourth-order valence-electron chi connectivity index (χ4n) is 3.22. The Labute approximate surface area is 121 Å². The Morgan fingerprint density at radius 3 is 2.25 bits per heavy atom. The SMILES string of the molecule is CCOC(=O)Cc1c(C)c(C)c2c(c1C)CCNCC2. The van der Waals surface area contributed by atoms with Crippen LogP contribution in [0.5, 0.6) is 0 Å². The van der Waals surface area contributed by atoms with Gasteiger partial charge in [-0.15, -0.1) is 0 Å². The molecule has 110 valence electrons. The highest BCUT2D eigenvalue weighted by Crippen LogP contribution is 2.29. The minimum Gasteiger partial charge on any atom is -0.466 e. The van der Waals surface area contributed by atoms with Crippen LogP contribution in [0, 0.1) is 20.8 Å². The van der Waals surface area contributed by atoms with Crippen molar-refractivity contribution in [1.29, 1.82) is 0 Å². The van der Waals surface area contributed by atoms with Crippen LogP contribution in [0.25, 0.3) is 0 Å². The zero-order valence-electron chi connectivity index (χ0n) is 13.1. The number of esters is 1. The third-order valence-corrected chi connectivity index (χ3v) is 4.47. The average molecular weight is 275 g/mol. The van der Waals surface area contributed by atoms with Crippen molar-refractivity contribution in [3.8, 4) is 0 Å². The minimum absolute atomic E-state index is 0.121. The van der Waals surface area contributed by atoms with Gasteiger partial charge in [-0.25, -0.2) is 0 Å². The third kappa shape index (κ3) is 2.88. The van der Waals surface area contributed by atoms with E-state index in [4.69, 9.17) is 4.74 Å². The first-order valence-electron chi connectivity index (χ1n) is 7.53. The Morgan fingerprint density at radius 1 is 1.05 bits per heavy atom. The van der Waals surface area contributed by atoms with E-state index in [0.29, 0.717) is 13.0 Å². The maximum absolute atomic E-state index is 11.8. The molecule has 0 bridgehead atoms. The molecule has 0 fully saturated rings. The molecule has 0 atom stereocenters. The molecule has 1 aliphatic heterocycles. The molecule has 0 amide bonds. The van der Waals surface area contributed by atoms with Crippen molar-refractivity contribution in [2.24, 2.45) is 0 Å². The predicted molar refractivity (Wildman–Crippen MR) is 81.3 cm³/mol. The van der Waals surface area contributed by atoms with Crippen LogP contribution in [0.2, 0.25) is 0 Å². The quantitative estimate of drug-likeness (QED) is 0.861. The van der Waals surface area contributed by atoms with Gasteiger partial charge in [-0.05, 0) is 87.0 Å². The van der Waals surface area contributed by atoms with Crippen LogP contribution in [0.3, 0.4) is 0 Å². The van der Waals surface area contributed by atoms with Gasteiger partial charge in [-0.1, -0.05) is 0 Å². The number of carbonyl (C=O) groups is 1. The number of hydrogen-bond donors (Lipinski definition) is 1. The van der Waals surface area contributed by atoms with Gasteiger partial charge in [0.05, 0.1) is 13.0 Å². The van der Waals surface area contributed by atoms with Crippen molar-refractivity contribution < 1.29 is 9.53 Å². The minimum atomic E-state index is -0.121. The largest absolute Gasteiger partial charge is 0.466 e. The predicted octanol–water partition coefficient (Wildman–Crippen LogP) is 2.41. The lowest BCUT2D eigenvalue weighted by molar-refractivity contribution is -0.142. The van der Waals surface area contributed by atoms with E-state index in [0.717, 1.165) is 25.9 Å². The second-order valence-corrected chi connectivity index (χ2v) is 5.54. The molecule has 2 rings (SSSR count). The smallest absolute Gasteiger partial charge is 0.310 e. The van der Waals surface area contributed by atoms with Crippen LogP contribution >= 0.6 is 0 Å². The molecule has 1 aromatic carbocycles. The Kier molecular flexibility index (Phi) is 4.81. The molecule has 3 nitrogen and oxygen atoms in total. The molecule has 1 aliphatic rings. The van der Waals surface area contributed by atoms with Crippen LogP contribution in [0.1, 0.15) is 40.3 Å². The molecule has 0 saturated carbocycles. The van der Waals surface area contributed by atoms with E-state index < -0.39 is 0 Å². The Bertz CT molecular complexity index is 520. The zero-order chi connectivity index (χ0) is 14.7. The summed E-state index contributed by atoms with van der Waals surface area (Å²) in [6.45, 7) is 10.9. The van der Waals surface area contributed by atoms with Crippen molar-refractivity contribution in [3.63, 3.8) is 0 Å². The van der Waals surface area contributed by atoms with Gasteiger partial charge < -0.3 is 10.1 Å². The molecule has 20 heavy (non-hydrogen) atoms. The molecule has 0 radical (unpaired) electrons. The zero-order valence-corrected chi connectivity index (χ0v) is 13.1. The summed E-state index contributed by atoms with van der Waals surface area (Å²) < 4.78 is 5.11. The molecule has 0 unspecified atom stereocenters. The third-order valence-electron chi connectivity index (χ3n) is 4.47. The maximum atomic E-state index is 11.8. The van der Waals surface area contributed by atoms with Crippen molar-refractivity contribution in [2.45, 2.75) is 47.0 Å². The van der Waals surface area contributed by atoms with Crippen molar-refractivity contribution in [3.05, 3.63) is 33.4 Å². The van der Waals surface area contributed by atoms with Gasteiger partial charge in [-0.3, -0.25) is 4.79 Å². The standard InChI is InChI=1S/C17H25NO2/c1-5-20-17(19)10-16-12(3)11(2)14-6-8-18-9-7-15(14)13(16)4/h18H,5-10H2,1-4H3. The molecule has 3 heteroatoms. The molecule has 0 spiro atoms. The van der Waals surface area contributed by atoms with Crippen LogP contribution in [-0.2, 0) is 28.8 Å². The number of fused-ring (bicyclic) bond motifs is 1. The summed E-state index contributed by atoms with van der Waals surface area (Å²) in [7, 11) is 0. The lowest BCUT2D eigenvalue weighted by Gasteiger charge is -2.20. The van der Waals surface area contributed by atoms with Gasteiger partial charge in [0.2, 0.25) is 0 Å². The first kappa shape index (κ1) is 15.0. The van der Waals surface area contributed by atoms with E-state index in [1.807, 2.05) is 6.92 Å². The summed E-state index contributed by atoms with van der Waals surface area (Å²) in [5.41, 5.74) is 8.00. The lowest BCUT2D eigenvalue weighted by atomic mass is 9.85. The monoisotopic (exact) mass is 275 g/mol. The van der Waals surface area contributed by atoms with E-state index in [9.17, 15) is 4.79 Å². The summed E-state index contributed by atoms with van der Waals surface area (Å²) in [4.78, 5) is 11.8. The summed E-state index contributed by atoms with van der Waals surface area (Å²) in [6, 6.07) is 0. The summed E-state index contributed by atoms with van der Waals surface area (Å²) >= 11 is 0. The van der Waals surface area contributed by atoms with E-state index in [-0.39, 0.29) is 5.97 Å². The first-order chi connectivity index (χ1) is 9.56. The highest BCUT2D eigenvalue weighted by Gasteiger charge is 2.20. The molecule has 1 aromatic rings. The van der Waals surface area contributed by atoms with E-state index in [1.54, 1.807) is 0 Å². The number of nitrogens with one attached hydrogen (secondary N) is 1. The molecule has 0 saturated heterocycles. The number of carbonyl (C=O) groups excluding carboxylic acids is 1. The molecule has 0 aromatic heterocycles. The molecular weight excluding hydrogens is 250 g/mol. The lowest BCUT2D eigenvalue weighted by Crippen LogP contribution is -2.16. The van der Waals surface area contributed by atoms with Gasteiger partial charge in [0.25, 0.3) is 0 Å². The number of hydrogen-bond acceptors (Lipinski definition) is 3. The van der Waals surface area contributed by atoms with Crippen molar-refractivity contribution >= 4 is 5.97 Å². The molecule has 1 N–H and O–H groups in total. The van der Waals surface area contributed by atoms with E-state index >= 15 is 0 Å². The van der Waals surface area contributed by atoms with Crippen LogP contribution in [0.4, 0.5) is 0 Å². The van der Waals surface area contributed by atoms with Crippen LogP contribution in [-0.4, -0.2) is 25.7 Å². The van der Waals surface area contributed by atoms with Crippen molar-refractivity contribution in [1.82, 2.24) is 5.32 Å². The number of ether oxygens (including phenoxy) is 1. The van der Waals surface area contributed by atoms with Gasteiger partial charge in [0.1, 0.15) is 0 Å². The molecule has 1 heterocycles. The van der Waals surface area contributed by atoms with Gasteiger partial charge in [-0.2, -0.15) is 0 Å². The average Bonchev–Trinajstić information content (AvgIpc) is 2.67. The van der Waals surface area contributed by atoms with Crippen LogP contribution < -0.4 is 5.32 Å². The first-order valence-corrected chi connectivity index (χ1v) is 7.53. The second kappa shape index (κ2) is 6.40. The topological polar surface area (TPSA) is 38.3 Å². The highest BCUT2D eigenvalue weighted by molar-refractivity contribution is 5.74. The van der Waals surface area contributed by atoms with E-state index in [1.165, 1.54) is 33.4 Å². The maximum Gasteiger partial charge on any atom is 0.310 e. The Balaban J connectivity index is 2.45.